The van der Waals surface area contributed by atoms with Crippen molar-refractivity contribution in [2.24, 2.45) is 0 Å². The molecule has 3 aromatic carbocycles. The molecule has 0 spiro atoms. The number of rotatable bonds is 4. The highest BCUT2D eigenvalue weighted by atomic mass is 31.1. The number of hydrogen-bond donors (Lipinski definition) is 0. The van der Waals surface area contributed by atoms with Gasteiger partial charge in [0.1, 0.15) is 11.6 Å². The van der Waals surface area contributed by atoms with Gasteiger partial charge in [0.25, 0.3) is 0 Å². The summed E-state index contributed by atoms with van der Waals surface area (Å²) < 4.78 is 13.8. The second-order valence-electron chi connectivity index (χ2n) is 6.83. The first kappa shape index (κ1) is 18.6. The van der Waals surface area contributed by atoms with Crippen LogP contribution in [0.5, 0.6) is 0 Å². The maximum Gasteiger partial charge on any atom is 0.160 e. The molecule has 0 aliphatic carbocycles. The topological polar surface area (TPSA) is 23.1 Å². The molecule has 138 valence electrons. The number of hydrogen-bond acceptors (Lipinski definition) is 1. The fourth-order valence-electron chi connectivity index (χ4n) is 3.64. The van der Waals surface area contributed by atoms with Gasteiger partial charge < -0.3 is 4.89 Å². The number of halogens is 1. The Balaban J connectivity index is 1.99. The van der Waals surface area contributed by atoms with Gasteiger partial charge >= 0.3 is 0 Å². The molecule has 1 heterocycles. The van der Waals surface area contributed by atoms with Crippen molar-refractivity contribution in [2.45, 2.75) is 12.8 Å². The standard InChI is InChI=1S/C25H20FOP/c1-18(21-13-8-14-22(26)17-21)23-15-16-28(27)25(20-11-6-3-7-12-20)24(23)19-9-4-2-5-10-19/h2-18H,1H3/t18-/m0/s1. The van der Waals surface area contributed by atoms with E-state index in [1.807, 2.05) is 72.8 Å². The smallest absolute Gasteiger partial charge is 0.160 e. The van der Waals surface area contributed by atoms with Gasteiger partial charge in [-0.2, -0.15) is 0 Å². The van der Waals surface area contributed by atoms with Crippen molar-refractivity contribution in [3.8, 4) is 22.0 Å². The van der Waals surface area contributed by atoms with Crippen LogP contribution in [-0.4, -0.2) is 0 Å². The van der Waals surface area contributed by atoms with Crippen LogP contribution in [0, 0.1) is 5.82 Å². The lowest BCUT2D eigenvalue weighted by Crippen LogP contribution is -2.02. The maximum absolute atomic E-state index is 13.8. The van der Waals surface area contributed by atoms with Crippen LogP contribution in [-0.2, 0) is 0 Å². The second-order valence-corrected chi connectivity index (χ2v) is 8.23. The molecule has 2 atom stereocenters. The van der Waals surface area contributed by atoms with Crippen molar-refractivity contribution >= 4 is 7.76 Å². The van der Waals surface area contributed by atoms with Gasteiger partial charge in [0.05, 0.1) is 7.76 Å². The predicted molar refractivity (Wildman–Crippen MR) is 114 cm³/mol. The Morgan fingerprint density at radius 3 is 2.07 bits per heavy atom. The third kappa shape index (κ3) is 3.62. The molecule has 0 bridgehead atoms. The molecule has 28 heavy (non-hydrogen) atoms. The Labute approximate surface area is 165 Å². The normalized spacial score (nSPS) is 12.6. The summed E-state index contributed by atoms with van der Waals surface area (Å²) in [6.07, 6.45) is 0. The summed E-state index contributed by atoms with van der Waals surface area (Å²) in [4.78, 5) is 13.1. The van der Waals surface area contributed by atoms with E-state index in [4.69, 9.17) is 0 Å². The molecule has 4 rings (SSSR count). The third-order valence-electron chi connectivity index (χ3n) is 5.06. The molecule has 0 saturated carbocycles. The SMILES string of the molecule is C[C@@H](c1cccc(F)c1)c1cc[p+]([O-])c(-c2ccccc2)c1-c1ccccc1. The summed E-state index contributed by atoms with van der Waals surface area (Å²) in [6, 6.07) is 28.5. The lowest BCUT2D eigenvalue weighted by molar-refractivity contribution is -0.150. The van der Waals surface area contributed by atoms with E-state index >= 15 is 0 Å². The van der Waals surface area contributed by atoms with E-state index in [2.05, 4.69) is 6.92 Å². The van der Waals surface area contributed by atoms with Crippen LogP contribution >= 0.6 is 7.76 Å². The van der Waals surface area contributed by atoms with Crippen LogP contribution in [0.25, 0.3) is 22.0 Å². The Kier molecular flexibility index (Phi) is 5.34. The van der Waals surface area contributed by atoms with Gasteiger partial charge in [-0.15, -0.1) is 0 Å². The molecule has 1 aromatic heterocycles. The van der Waals surface area contributed by atoms with Gasteiger partial charge in [-0.1, -0.05) is 79.7 Å². The van der Waals surface area contributed by atoms with Crippen LogP contribution in [0.3, 0.4) is 0 Å². The lowest BCUT2D eigenvalue weighted by atomic mass is 9.87. The molecule has 1 nitrogen and oxygen atoms in total. The second kappa shape index (κ2) is 8.06. The minimum Gasteiger partial charge on any atom is -0.626 e. The summed E-state index contributed by atoms with van der Waals surface area (Å²) in [7, 11) is -1.67. The zero-order chi connectivity index (χ0) is 19.5. The summed E-state index contributed by atoms with van der Waals surface area (Å²) in [5, 5.41) is 0.836. The largest absolute Gasteiger partial charge is 0.626 e. The van der Waals surface area contributed by atoms with Crippen LogP contribution in [0.15, 0.2) is 96.8 Å². The van der Waals surface area contributed by atoms with E-state index in [1.54, 1.807) is 17.9 Å². The zero-order valence-corrected chi connectivity index (χ0v) is 16.4. The quantitative estimate of drug-likeness (QED) is 0.383. The fraction of sp³-hybridized carbons (Fsp3) is 0.0800. The Morgan fingerprint density at radius 1 is 0.786 bits per heavy atom. The van der Waals surface area contributed by atoms with Crippen molar-refractivity contribution in [3.05, 3.63) is 114 Å². The molecule has 0 saturated heterocycles. The molecular weight excluding hydrogens is 366 g/mol. The van der Waals surface area contributed by atoms with E-state index < -0.39 is 7.76 Å². The molecule has 0 aliphatic rings. The van der Waals surface area contributed by atoms with Crippen LogP contribution in [0.2, 0.25) is 0 Å². The van der Waals surface area contributed by atoms with E-state index in [0.717, 1.165) is 33.1 Å². The predicted octanol–water partition coefficient (Wildman–Crippen LogP) is 6.70. The maximum atomic E-state index is 13.8. The Bertz CT molecular complexity index is 1090. The van der Waals surface area contributed by atoms with Gasteiger partial charge in [0, 0.05) is 17.0 Å². The Morgan fingerprint density at radius 2 is 1.43 bits per heavy atom. The monoisotopic (exact) mass is 386 g/mol. The lowest BCUT2D eigenvalue weighted by Gasteiger charge is -2.20. The van der Waals surface area contributed by atoms with Crippen molar-refractivity contribution in [2.75, 3.05) is 0 Å². The van der Waals surface area contributed by atoms with Gasteiger partial charge in [-0.25, -0.2) is 4.39 Å². The first-order chi connectivity index (χ1) is 13.6. The summed E-state index contributed by atoms with van der Waals surface area (Å²) in [6.45, 7) is 2.07. The van der Waals surface area contributed by atoms with Gasteiger partial charge in [0.2, 0.25) is 0 Å². The van der Waals surface area contributed by atoms with E-state index in [0.29, 0.717) is 0 Å². The molecule has 0 aliphatic heterocycles. The van der Waals surface area contributed by atoms with Crippen molar-refractivity contribution in [1.29, 1.82) is 0 Å². The summed E-state index contributed by atoms with van der Waals surface area (Å²) in [5.41, 5.74) is 4.90. The van der Waals surface area contributed by atoms with E-state index in [-0.39, 0.29) is 11.7 Å². The van der Waals surface area contributed by atoms with Crippen molar-refractivity contribution in [1.82, 2.24) is 0 Å². The molecule has 0 fully saturated rings. The molecule has 0 radical (unpaired) electrons. The third-order valence-corrected chi connectivity index (χ3v) is 6.40. The highest BCUT2D eigenvalue weighted by Gasteiger charge is 2.24. The minimum atomic E-state index is -1.67. The van der Waals surface area contributed by atoms with Gasteiger partial charge in [-0.05, 0) is 34.9 Å². The van der Waals surface area contributed by atoms with Gasteiger partial charge in [0.15, 0.2) is 5.30 Å². The van der Waals surface area contributed by atoms with Gasteiger partial charge in [-0.3, -0.25) is 0 Å². The number of benzene rings is 3. The minimum absolute atomic E-state index is 0.0374. The first-order valence-corrected chi connectivity index (χ1v) is 10.6. The molecule has 3 heteroatoms. The highest BCUT2D eigenvalue weighted by molar-refractivity contribution is 7.45. The van der Waals surface area contributed by atoms with Crippen LogP contribution in [0.4, 0.5) is 4.39 Å². The summed E-state index contributed by atoms with van der Waals surface area (Å²) in [5.74, 6) is 1.49. The highest BCUT2D eigenvalue weighted by Crippen LogP contribution is 2.47. The van der Waals surface area contributed by atoms with E-state index in [9.17, 15) is 9.28 Å². The van der Waals surface area contributed by atoms with Crippen molar-refractivity contribution in [3.63, 3.8) is 0 Å². The molecular formula is C25H20FOP. The molecule has 4 aromatic rings. The molecule has 1 unspecified atom stereocenters. The van der Waals surface area contributed by atoms with E-state index in [1.165, 1.54) is 6.07 Å². The van der Waals surface area contributed by atoms with Crippen LogP contribution < -0.4 is 4.89 Å². The van der Waals surface area contributed by atoms with Crippen molar-refractivity contribution < 1.29 is 9.28 Å². The fourth-order valence-corrected chi connectivity index (χ4v) is 4.97. The van der Waals surface area contributed by atoms with Crippen LogP contribution in [0.1, 0.15) is 24.0 Å². The molecule has 0 amide bonds. The summed E-state index contributed by atoms with van der Waals surface area (Å²) >= 11 is 0. The first-order valence-electron chi connectivity index (χ1n) is 9.27. The Hall–Kier alpha value is -2.80. The average Bonchev–Trinajstić information content (AvgIpc) is 2.74. The average molecular weight is 386 g/mol. The zero-order valence-electron chi connectivity index (χ0n) is 15.5. The molecule has 0 N–H and O–H groups in total.